The van der Waals surface area contributed by atoms with Crippen LogP contribution in [0.25, 0.3) is 0 Å². The van der Waals surface area contributed by atoms with Crippen molar-refractivity contribution in [2.24, 2.45) is 5.92 Å². The summed E-state index contributed by atoms with van der Waals surface area (Å²) in [6.45, 7) is 4.89. The highest BCUT2D eigenvalue weighted by atomic mass is 16.5. The summed E-state index contributed by atoms with van der Waals surface area (Å²) < 4.78 is 5.69. The second-order valence-corrected chi connectivity index (χ2v) is 6.21. The highest BCUT2D eigenvalue weighted by molar-refractivity contribution is 5.19. The molecule has 1 aliphatic rings. The molecule has 0 saturated heterocycles. The predicted molar refractivity (Wildman–Crippen MR) is 89.5 cm³/mol. The van der Waals surface area contributed by atoms with Crippen molar-refractivity contribution < 1.29 is 4.74 Å². The predicted octanol–water partition coefficient (Wildman–Crippen LogP) is 4.71. The van der Waals surface area contributed by atoms with Gasteiger partial charge < -0.3 is 10.1 Å². The van der Waals surface area contributed by atoms with E-state index in [0.29, 0.717) is 6.04 Å². The molecule has 1 aromatic carbocycles. The first-order chi connectivity index (χ1) is 10.4. The standard InChI is InChI=1S/C19H31NO/c1-2-3-15-21-16-14-20-19(17-10-6-4-7-11-17)18-12-8-5-9-13-18/h4,6-7,10-11,18-20H,2-3,5,8-9,12-16H2,1H3. The zero-order valence-electron chi connectivity index (χ0n) is 13.5. The van der Waals surface area contributed by atoms with Crippen LogP contribution in [0.1, 0.15) is 63.5 Å². The van der Waals surface area contributed by atoms with Gasteiger partial charge in [-0.05, 0) is 30.7 Å². The van der Waals surface area contributed by atoms with Crippen molar-refractivity contribution in [3.05, 3.63) is 35.9 Å². The van der Waals surface area contributed by atoms with Crippen LogP contribution in [0.5, 0.6) is 0 Å². The van der Waals surface area contributed by atoms with Crippen LogP contribution >= 0.6 is 0 Å². The van der Waals surface area contributed by atoms with Crippen LogP contribution in [0.3, 0.4) is 0 Å². The molecule has 118 valence electrons. The number of ether oxygens (including phenoxy) is 1. The van der Waals surface area contributed by atoms with Crippen molar-refractivity contribution in [1.29, 1.82) is 0 Å². The SMILES string of the molecule is CCCCOCCNC(c1ccccc1)C1CCCCC1. The van der Waals surface area contributed by atoms with E-state index >= 15 is 0 Å². The molecule has 0 aromatic heterocycles. The lowest BCUT2D eigenvalue weighted by Gasteiger charge is -2.31. The fourth-order valence-electron chi connectivity index (χ4n) is 3.32. The molecular formula is C19H31NO. The van der Waals surface area contributed by atoms with Crippen molar-refractivity contribution in [2.75, 3.05) is 19.8 Å². The Morgan fingerprint density at radius 3 is 2.57 bits per heavy atom. The molecule has 1 saturated carbocycles. The van der Waals surface area contributed by atoms with E-state index in [1.807, 2.05) is 0 Å². The summed E-state index contributed by atoms with van der Waals surface area (Å²) >= 11 is 0. The molecule has 2 nitrogen and oxygen atoms in total. The normalized spacial score (nSPS) is 17.8. The average Bonchev–Trinajstić information content (AvgIpc) is 2.56. The van der Waals surface area contributed by atoms with Crippen LogP contribution in [0.4, 0.5) is 0 Å². The molecule has 21 heavy (non-hydrogen) atoms. The van der Waals surface area contributed by atoms with Gasteiger partial charge in [0.15, 0.2) is 0 Å². The number of rotatable bonds is 9. The van der Waals surface area contributed by atoms with Crippen molar-refractivity contribution in [1.82, 2.24) is 5.32 Å². The quantitative estimate of drug-likeness (QED) is 0.664. The Balaban J connectivity index is 1.83. The first-order valence-electron chi connectivity index (χ1n) is 8.78. The number of unbranched alkanes of at least 4 members (excludes halogenated alkanes) is 1. The van der Waals surface area contributed by atoms with E-state index in [1.54, 1.807) is 0 Å². The summed E-state index contributed by atoms with van der Waals surface area (Å²) in [5.74, 6) is 0.789. The van der Waals surface area contributed by atoms with Crippen LogP contribution in [0.15, 0.2) is 30.3 Å². The molecule has 0 aliphatic heterocycles. The van der Waals surface area contributed by atoms with E-state index in [0.717, 1.165) is 25.7 Å². The Kier molecular flexibility index (Phi) is 7.83. The molecule has 0 radical (unpaired) electrons. The van der Waals surface area contributed by atoms with E-state index in [2.05, 4.69) is 42.6 Å². The van der Waals surface area contributed by atoms with E-state index < -0.39 is 0 Å². The maximum atomic E-state index is 5.69. The van der Waals surface area contributed by atoms with Crippen LogP contribution in [0.2, 0.25) is 0 Å². The molecule has 0 heterocycles. The highest BCUT2D eigenvalue weighted by Crippen LogP contribution is 2.34. The Hall–Kier alpha value is -0.860. The highest BCUT2D eigenvalue weighted by Gasteiger charge is 2.24. The van der Waals surface area contributed by atoms with Gasteiger partial charge in [-0.1, -0.05) is 62.9 Å². The van der Waals surface area contributed by atoms with Crippen LogP contribution < -0.4 is 5.32 Å². The van der Waals surface area contributed by atoms with Gasteiger partial charge in [0.25, 0.3) is 0 Å². The third-order valence-corrected chi connectivity index (χ3v) is 4.53. The van der Waals surface area contributed by atoms with Gasteiger partial charge in [0.05, 0.1) is 6.61 Å². The summed E-state index contributed by atoms with van der Waals surface area (Å²) in [5, 5.41) is 3.76. The molecule has 1 aromatic rings. The van der Waals surface area contributed by atoms with Gasteiger partial charge in [-0.25, -0.2) is 0 Å². The minimum absolute atomic E-state index is 0.501. The molecule has 1 fully saturated rings. The lowest BCUT2D eigenvalue weighted by Crippen LogP contribution is -2.32. The molecule has 1 atom stereocenters. The minimum Gasteiger partial charge on any atom is -0.380 e. The fourth-order valence-corrected chi connectivity index (χ4v) is 3.32. The third-order valence-electron chi connectivity index (χ3n) is 4.53. The zero-order chi connectivity index (χ0) is 14.8. The molecular weight excluding hydrogens is 258 g/mol. The molecule has 2 rings (SSSR count). The molecule has 0 spiro atoms. The van der Waals surface area contributed by atoms with Gasteiger partial charge in [0.1, 0.15) is 0 Å². The lowest BCUT2D eigenvalue weighted by molar-refractivity contribution is 0.126. The first kappa shape index (κ1) is 16.5. The summed E-state index contributed by atoms with van der Waals surface area (Å²) in [6, 6.07) is 11.5. The lowest BCUT2D eigenvalue weighted by atomic mass is 9.81. The Bertz CT molecular complexity index is 359. The van der Waals surface area contributed by atoms with Crippen molar-refractivity contribution >= 4 is 0 Å². The first-order valence-corrected chi connectivity index (χ1v) is 8.78. The number of hydrogen-bond donors (Lipinski definition) is 1. The summed E-state index contributed by atoms with van der Waals surface area (Å²) in [6.07, 6.45) is 9.31. The zero-order valence-corrected chi connectivity index (χ0v) is 13.5. The van der Waals surface area contributed by atoms with E-state index in [-0.39, 0.29) is 0 Å². The van der Waals surface area contributed by atoms with Crippen LogP contribution in [0, 0.1) is 5.92 Å². The van der Waals surface area contributed by atoms with Gasteiger partial charge >= 0.3 is 0 Å². The van der Waals surface area contributed by atoms with Crippen molar-refractivity contribution in [3.8, 4) is 0 Å². The summed E-state index contributed by atoms with van der Waals surface area (Å²) in [7, 11) is 0. The molecule has 0 amide bonds. The smallest absolute Gasteiger partial charge is 0.0591 e. The van der Waals surface area contributed by atoms with Crippen molar-refractivity contribution in [3.63, 3.8) is 0 Å². The van der Waals surface area contributed by atoms with Crippen molar-refractivity contribution in [2.45, 2.75) is 57.9 Å². The van der Waals surface area contributed by atoms with Gasteiger partial charge in [0, 0.05) is 19.2 Å². The topological polar surface area (TPSA) is 21.3 Å². The average molecular weight is 289 g/mol. The second-order valence-electron chi connectivity index (χ2n) is 6.21. The van der Waals surface area contributed by atoms with Crippen LogP contribution in [-0.4, -0.2) is 19.8 Å². The minimum atomic E-state index is 0.501. The van der Waals surface area contributed by atoms with Gasteiger partial charge in [0.2, 0.25) is 0 Å². The number of benzene rings is 1. The summed E-state index contributed by atoms with van der Waals surface area (Å²) in [5.41, 5.74) is 1.44. The maximum absolute atomic E-state index is 5.69. The Morgan fingerprint density at radius 2 is 1.86 bits per heavy atom. The van der Waals surface area contributed by atoms with E-state index in [1.165, 1.54) is 50.5 Å². The maximum Gasteiger partial charge on any atom is 0.0591 e. The molecule has 1 aliphatic carbocycles. The van der Waals surface area contributed by atoms with Gasteiger partial charge in [-0.15, -0.1) is 0 Å². The van der Waals surface area contributed by atoms with E-state index in [4.69, 9.17) is 4.74 Å². The fraction of sp³-hybridized carbons (Fsp3) is 0.684. The van der Waals surface area contributed by atoms with Gasteiger partial charge in [-0.2, -0.15) is 0 Å². The number of hydrogen-bond acceptors (Lipinski definition) is 2. The van der Waals surface area contributed by atoms with Crippen LogP contribution in [-0.2, 0) is 4.74 Å². The Morgan fingerprint density at radius 1 is 1.10 bits per heavy atom. The second kappa shape index (κ2) is 9.97. The molecule has 1 unspecified atom stereocenters. The molecule has 2 heteroatoms. The van der Waals surface area contributed by atoms with E-state index in [9.17, 15) is 0 Å². The molecule has 0 bridgehead atoms. The third kappa shape index (κ3) is 5.80. The number of nitrogens with one attached hydrogen (secondary N) is 1. The summed E-state index contributed by atoms with van der Waals surface area (Å²) in [4.78, 5) is 0. The molecule has 1 N–H and O–H groups in total. The largest absolute Gasteiger partial charge is 0.380 e. The Labute approximate surface area is 130 Å². The van der Waals surface area contributed by atoms with Gasteiger partial charge in [-0.3, -0.25) is 0 Å². The monoisotopic (exact) mass is 289 g/mol.